The maximum Gasteiger partial charge on any atom is 0.193 e. The Morgan fingerprint density at radius 2 is 2.14 bits per heavy atom. The van der Waals surface area contributed by atoms with Crippen LogP contribution in [0.5, 0.6) is 0 Å². The smallest absolute Gasteiger partial charge is 0.193 e. The van der Waals surface area contributed by atoms with E-state index in [4.69, 9.17) is 9.73 Å². The highest BCUT2D eigenvalue weighted by Gasteiger charge is 2.18. The molecule has 1 fully saturated rings. The Morgan fingerprint density at radius 1 is 1.38 bits per heavy atom. The maximum absolute atomic E-state index is 5.45. The van der Waals surface area contributed by atoms with E-state index in [9.17, 15) is 0 Å². The Morgan fingerprint density at radius 3 is 2.76 bits per heavy atom. The fourth-order valence-electron chi connectivity index (χ4n) is 2.53. The summed E-state index contributed by atoms with van der Waals surface area (Å²) in [4.78, 5) is 6.97. The highest BCUT2D eigenvalue weighted by atomic mass is 16.5. The predicted octanol–water partition coefficient (Wildman–Crippen LogP) is 2.43. The molecule has 1 saturated heterocycles. The number of benzene rings is 1. The van der Waals surface area contributed by atoms with E-state index in [1.54, 1.807) is 0 Å². The Hall–Kier alpha value is -1.55. The van der Waals surface area contributed by atoms with Gasteiger partial charge < -0.3 is 15.0 Å². The predicted molar refractivity (Wildman–Crippen MR) is 87.6 cm³/mol. The summed E-state index contributed by atoms with van der Waals surface area (Å²) in [5.74, 6) is 1.60. The van der Waals surface area contributed by atoms with Crippen molar-refractivity contribution in [2.24, 2.45) is 10.9 Å². The van der Waals surface area contributed by atoms with E-state index in [1.807, 2.05) is 0 Å². The van der Waals surface area contributed by atoms with Crippen LogP contribution < -0.4 is 5.32 Å². The molecule has 0 spiro atoms. The fourth-order valence-corrected chi connectivity index (χ4v) is 2.53. The Bertz CT molecular complexity index is 450. The van der Waals surface area contributed by atoms with E-state index < -0.39 is 0 Å². The number of rotatable bonds is 5. The molecule has 1 aliphatic rings. The lowest BCUT2D eigenvalue weighted by atomic mass is 10.1. The largest absolute Gasteiger partial charge is 0.381 e. The standard InChI is InChI=1S/C17H27N3O/c1-4-18-17(20(3)12-16-9-10-21-13-16)19-11-15-7-5-14(2)6-8-15/h5-8,16H,4,9-13H2,1-3H3,(H,18,19). The van der Waals surface area contributed by atoms with Crippen molar-refractivity contribution in [3.63, 3.8) is 0 Å². The van der Waals surface area contributed by atoms with Gasteiger partial charge in [-0.1, -0.05) is 29.8 Å². The molecule has 1 aromatic rings. The van der Waals surface area contributed by atoms with Crippen molar-refractivity contribution in [1.29, 1.82) is 0 Å². The van der Waals surface area contributed by atoms with Gasteiger partial charge in [-0.25, -0.2) is 4.99 Å². The molecule has 1 aliphatic heterocycles. The highest BCUT2D eigenvalue weighted by molar-refractivity contribution is 5.79. The molecule has 0 aliphatic carbocycles. The summed E-state index contributed by atoms with van der Waals surface area (Å²) in [5.41, 5.74) is 2.53. The number of guanidine groups is 1. The van der Waals surface area contributed by atoms with Gasteiger partial charge in [0.1, 0.15) is 0 Å². The topological polar surface area (TPSA) is 36.9 Å². The zero-order valence-corrected chi connectivity index (χ0v) is 13.4. The maximum atomic E-state index is 5.45. The minimum absolute atomic E-state index is 0.623. The highest BCUT2D eigenvalue weighted by Crippen LogP contribution is 2.13. The van der Waals surface area contributed by atoms with Crippen LogP contribution in [0.15, 0.2) is 29.3 Å². The molecule has 1 aromatic carbocycles. The number of aryl methyl sites for hydroxylation is 1. The molecule has 1 atom stereocenters. The number of nitrogens with one attached hydrogen (secondary N) is 1. The first-order valence-electron chi connectivity index (χ1n) is 7.81. The first-order valence-corrected chi connectivity index (χ1v) is 7.81. The molecule has 0 bridgehead atoms. The van der Waals surface area contributed by atoms with E-state index in [0.717, 1.165) is 38.7 Å². The third kappa shape index (κ3) is 5.05. The molecule has 1 heterocycles. The number of ether oxygens (including phenoxy) is 1. The van der Waals surface area contributed by atoms with Gasteiger partial charge in [-0.15, -0.1) is 0 Å². The van der Waals surface area contributed by atoms with E-state index in [0.29, 0.717) is 12.5 Å². The molecule has 116 valence electrons. The van der Waals surface area contributed by atoms with Gasteiger partial charge in [-0.05, 0) is 25.8 Å². The van der Waals surface area contributed by atoms with E-state index in [1.165, 1.54) is 11.1 Å². The molecule has 1 N–H and O–H groups in total. The number of nitrogens with zero attached hydrogens (tertiary/aromatic N) is 2. The van der Waals surface area contributed by atoms with Crippen molar-refractivity contribution in [2.75, 3.05) is 33.4 Å². The van der Waals surface area contributed by atoms with Gasteiger partial charge in [0.05, 0.1) is 13.2 Å². The van der Waals surface area contributed by atoms with Gasteiger partial charge in [0.25, 0.3) is 0 Å². The molecule has 4 heteroatoms. The van der Waals surface area contributed by atoms with Crippen LogP contribution in [0.1, 0.15) is 24.5 Å². The van der Waals surface area contributed by atoms with Crippen LogP contribution >= 0.6 is 0 Å². The Balaban J connectivity index is 1.95. The van der Waals surface area contributed by atoms with Crippen LogP contribution in [-0.2, 0) is 11.3 Å². The average molecular weight is 289 g/mol. The number of aliphatic imine (C=N–C) groups is 1. The van der Waals surface area contributed by atoms with E-state index >= 15 is 0 Å². The summed E-state index contributed by atoms with van der Waals surface area (Å²) in [6.45, 7) is 8.59. The first-order chi connectivity index (χ1) is 10.2. The summed E-state index contributed by atoms with van der Waals surface area (Å²) in [6, 6.07) is 8.56. The lowest BCUT2D eigenvalue weighted by Gasteiger charge is -2.24. The third-order valence-electron chi connectivity index (χ3n) is 3.78. The van der Waals surface area contributed by atoms with E-state index in [-0.39, 0.29) is 0 Å². The second-order valence-corrected chi connectivity index (χ2v) is 5.77. The molecule has 0 amide bonds. The van der Waals surface area contributed by atoms with Gasteiger partial charge in [0.15, 0.2) is 5.96 Å². The first kappa shape index (κ1) is 15.8. The average Bonchev–Trinajstić information content (AvgIpc) is 2.98. The van der Waals surface area contributed by atoms with Crippen molar-refractivity contribution < 1.29 is 4.74 Å². The molecule has 2 rings (SSSR count). The summed E-state index contributed by atoms with van der Waals surface area (Å²) in [5, 5.41) is 3.37. The number of hydrogen-bond donors (Lipinski definition) is 1. The summed E-state index contributed by atoms with van der Waals surface area (Å²) >= 11 is 0. The van der Waals surface area contributed by atoms with Gasteiger partial charge in [-0.2, -0.15) is 0 Å². The molecule has 1 unspecified atom stereocenters. The molecular formula is C17H27N3O. The number of hydrogen-bond acceptors (Lipinski definition) is 2. The normalized spacial score (nSPS) is 18.8. The summed E-state index contributed by atoms with van der Waals surface area (Å²) in [6.07, 6.45) is 1.15. The summed E-state index contributed by atoms with van der Waals surface area (Å²) < 4.78 is 5.45. The van der Waals surface area contributed by atoms with Crippen LogP contribution in [0.3, 0.4) is 0 Å². The van der Waals surface area contributed by atoms with E-state index in [2.05, 4.69) is 55.4 Å². The van der Waals surface area contributed by atoms with Crippen LogP contribution in [0.25, 0.3) is 0 Å². The zero-order chi connectivity index (χ0) is 15.1. The molecule has 4 nitrogen and oxygen atoms in total. The van der Waals surface area contributed by atoms with Gasteiger partial charge >= 0.3 is 0 Å². The van der Waals surface area contributed by atoms with Crippen molar-refractivity contribution in [2.45, 2.75) is 26.8 Å². The van der Waals surface area contributed by atoms with Crippen molar-refractivity contribution in [3.05, 3.63) is 35.4 Å². The van der Waals surface area contributed by atoms with Gasteiger partial charge in [0.2, 0.25) is 0 Å². The quantitative estimate of drug-likeness (QED) is 0.668. The van der Waals surface area contributed by atoms with Crippen LogP contribution in [0.4, 0.5) is 0 Å². The van der Waals surface area contributed by atoms with Crippen molar-refractivity contribution in [1.82, 2.24) is 10.2 Å². The lowest BCUT2D eigenvalue weighted by Crippen LogP contribution is -2.41. The minimum Gasteiger partial charge on any atom is -0.381 e. The van der Waals surface area contributed by atoms with Crippen LogP contribution in [-0.4, -0.2) is 44.2 Å². The van der Waals surface area contributed by atoms with Crippen LogP contribution in [0.2, 0.25) is 0 Å². The Kier molecular flexibility index (Phi) is 6.05. The zero-order valence-electron chi connectivity index (χ0n) is 13.4. The third-order valence-corrected chi connectivity index (χ3v) is 3.78. The molecule has 0 radical (unpaired) electrons. The van der Waals surface area contributed by atoms with Gasteiger partial charge in [-0.3, -0.25) is 0 Å². The molecule has 0 saturated carbocycles. The van der Waals surface area contributed by atoms with Crippen molar-refractivity contribution >= 4 is 5.96 Å². The fraction of sp³-hybridized carbons (Fsp3) is 0.588. The molecule has 21 heavy (non-hydrogen) atoms. The molecule has 0 aromatic heterocycles. The SMILES string of the molecule is CCNC(=NCc1ccc(C)cc1)N(C)CC1CCOC1. The summed E-state index contributed by atoms with van der Waals surface area (Å²) in [7, 11) is 2.11. The Labute approximate surface area is 128 Å². The van der Waals surface area contributed by atoms with Gasteiger partial charge in [0, 0.05) is 32.7 Å². The lowest BCUT2D eigenvalue weighted by molar-refractivity contribution is 0.181. The second-order valence-electron chi connectivity index (χ2n) is 5.77. The van der Waals surface area contributed by atoms with Crippen LogP contribution in [0, 0.1) is 12.8 Å². The minimum atomic E-state index is 0.623. The monoisotopic (exact) mass is 289 g/mol. The second kappa shape index (κ2) is 8.03. The van der Waals surface area contributed by atoms with Crippen molar-refractivity contribution in [3.8, 4) is 0 Å². The molecular weight excluding hydrogens is 262 g/mol.